The number of nitrogens with zero attached hydrogens (tertiary/aromatic N) is 3. The normalized spacial score (nSPS) is 15.1. The van der Waals surface area contributed by atoms with Gasteiger partial charge in [0.05, 0.1) is 17.6 Å². The topological polar surface area (TPSA) is 56.2 Å². The number of hydrogen-bond acceptors (Lipinski definition) is 3. The Hall–Kier alpha value is -2.69. The van der Waals surface area contributed by atoms with Crippen LogP contribution in [0.5, 0.6) is 0 Å². The van der Waals surface area contributed by atoms with Crippen LogP contribution in [0.4, 0.5) is 0 Å². The van der Waals surface area contributed by atoms with Crippen molar-refractivity contribution in [2.45, 2.75) is 31.7 Å². The lowest BCUT2D eigenvalue weighted by atomic mass is 9.72. The van der Waals surface area contributed by atoms with E-state index in [2.05, 4.69) is 59.6 Å². The van der Waals surface area contributed by atoms with Crippen LogP contribution < -0.4 is 5.73 Å². The lowest BCUT2D eigenvalue weighted by Crippen LogP contribution is -2.43. The number of benzene rings is 2. The molecule has 2 N–H and O–H groups in total. The van der Waals surface area contributed by atoms with Crippen LogP contribution in [-0.2, 0) is 5.54 Å². The molecular weight excluding hydrogens is 368 g/mol. The Morgan fingerprint density at radius 3 is 2.32 bits per heavy atom. The summed E-state index contributed by atoms with van der Waals surface area (Å²) in [5.74, 6) is 0. The van der Waals surface area contributed by atoms with Crippen LogP contribution >= 0.6 is 12.4 Å². The first-order chi connectivity index (χ1) is 13.1. The van der Waals surface area contributed by atoms with Gasteiger partial charge < -0.3 is 5.73 Å². The Labute approximate surface area is 170 Å². The zero-order valence-electron chi connectivity index (χ0n) is 15.8. The molecule has 0 spiro atoms. The van der Waals surface area contributed by atoms with Crippen LogP contribution in [0.1, 0.15) is 30.5 Å². The molecular formula is C23H23ClN4. The van der Waals surface area contributed by atoms with Gasteiger partial charge in [-0.25, -0.2) is 9.50 Å². The monoisotopic (exact) mass is 390 g/mol. The van der Waals surface area contributed by atoms with Crippen LogP contribution in [0.3, 0.4) is 0 Å². The van der Waals surface area contributed by atoms with E-state index in [1.54, 1.807) is 0 Å². The maximum absolute atomic E-state index is 6.48. The lowest BCUT2D eigenvalue weighted by molar-refractivity contribution is 0.253. The zero-order chi connectivity index (χ0) is 18.4. The molecule has 5 heteroatoms. The van der Waals surface area contributed by atoms with Crippen molar-refractivity contribution in [3.05, 3.63) is 78.1 Å². The second kappa shape index (κ2) is 7.04. The number of nitrogens with two attached hydrogens (primary N) is 1. The molecule has 0 bridgehead atoms. The third-order valence-corrected chi connectivity index (χ3v) is 5.63. The highest BCUT2D eigenvalue weighted by Crippen LogP contribution is 2.39. The van der Waals surface area contributed by atoms with Gasteiger partial charge in [0.1, 0.15) is 0 Å². The standard InChI is InChI=1S/C23H22N4.ClH/c1-16-15-27-21(25-16)14-20(17-6-3-2-4-7-17)22(26-27)18-8-10-19(11-9-18)23(24)12-5-13-23;/h2-4,6-11,14-15H,5,12-13,24H2,1H3;1H. The fraction of sp³-hybridized carbons (Fsp3) is 0.217. The van der Waals surface area contributed by atoms with E-state index in [1.165, 1.54) is 12.0 Å². The molecule has 142 valence electrons. The van der Waals surface area contributed by atoms with E-state index in [-0.39, 0.29) is 17.9 Å². The summed E-state index contributed by atoms with van der Waals surface area (Å²) in [5.41, 5.74) is 13.7. The third-order valence-electron chi connectivity index (χ3n) is 5.63. The van der Waals surface area contributed by atoms with Gasteiger partial charge in [0.15, 0.2) is 5.65 Å². The number of fused-ring (bicyclic) bond motifs is 1. The Bertz CT molecular complexity index is 1110. The number of aryl methyl sites for hydroxylation is 1. The molecule has 0 aliphatic heterocycles. The summed E-state index contributed by atoms with van der Waals surface area (Å²) < 4.78 is 1.86. The molecule has 2 aromatic carbocycles. The largest absolute Gasteiger partial charge is 0.321 e. The van der Waals surface area contributed by atoms with Crippen molar-refractivity contribution >= 4 is 18.1 Å². The van der Waals surface area contributed by atoms with E-state index < -0.39 is 0 Å². The molecule has 5 rings (SSSR count). The van der Waals surface area contributed by atoms with Gasteiger partial charge in [-0.1, -0.05) is 54.6 Å². The van der Waals surface area contributed by atoms with Gasteiger partial charge in [0.2, 0.25) is 0 Å². The van der Waals surface area contributed by atoms with E-state index >= 15 is 0 Å². The maximum Gasteiger partial charge on any atom is 0.154 e. The van der Waals surface area contributed by atoms with E-state index in [1.807, 2.05) is 23.7 Å². The third kappa shape index (κ3) is 3.09. The molecule has 1 aliphatic carbocycles. The molecule has 0 radical (unpaired) electrons. The average Bonchev–Trinajstić information content (AvgIpc) is 3.05. The smallest absolute Gasteiger partial charge is 0.154 e. The van der Waals surface area contributed by atoms with Gasteiger partial charge in [-0.05, 0) is 43.4 Å². The molecule has 2 aromatic heterocycles. The lowest BCUT2D eigenvalue weighted by Gasteiger charge is -2.38. The van der Waals surface area contributed by atoms with Crippen LogP contribution in [0.2, 0.25) is 0 Å². The van der Waals surface area contributed by atoms with Crippen molar-refractivity contribution < 1.29 is 0 Å². The minimum Gasteiger partial charge on any atom is -0.321 e. The first kappa shape index (κ1) is 18.7. The van der Waals surface area contributed by atoms with Crippen molar-refractivity contribution in [2.24, 2.45) is 5.73 Å². The van der Waals surface area contributed by atoms with Crippen molar-refractivity contribution in [1.29, 1.82) is 0 Å². The second-order valence-electron chi connectivity index (χ2n) is 7.54. The molecule has 1 fully saturated rings. The van der Waals surface area contributed by atoms with E-state index in [0.29, 0.717) is 0 Å². The van der Waals surface area contributed by atoms with Gasteiger partial charge in [0.25, 0.3) is 0 Å². The van der Waals surface area contributed by atoms with Crippen molar-refractivity contribution in [1.82, 2.24) is 14.6 Å². The number of halogens is 1. The SMILES string of the molecule is Cc1cn2nc(-c3ccc(C4(N)CCC4)cc3)c(-c3ccccc3)cc2n1.Cl. The number of imidazole rings is 1. The molecule has 0 saturated heterocycles. The molecule has 2 heterocycles. The van der Waals surface area contributed by atoms with Crippen LogP contribution in [0.25, 0.3) is 28.0 Å². The van der Waals surface area contributed by atoms with Crippen LogP contribution in [-0.4, -0.2) is 14.6 Å². The van der Waals surface area contributed by atoms with Gasteiger partial charge in [-0.15, -0.1) is 12.4 Å². The summed E-state index contributed by atoms with van der Waals surface area (Å²) in [4.78, 5) is 4.58. The minimum absolute atomic E-state index is 0. The molecule has 1 saturated carbocycles. The Kier molecular flexibility index (Phi) is 4.69. The number of aromatic nitrogens is 3. The highest BCUT2D eigenvalue weighted by Gasteiger charge is 2.34. The summed E-state index contributed by atoms with van der Waals surface area (Å²) in [5, 5.41) is 4.89. The highest BCUT2D eigenvalue weighted by atomic mass is 35.5. The molecule has 4 nitrogen and oxygen atoms in total. The molecule has 4 aromatic rings. The Balaban J connectivity index is 0.00000192. The second-order valence-corrected chi connectivity index (χ2v) is 7.54. The molecule has 28 heavy (non-hydrogen) atoms. The molecule has 1 aliphatic rings. The first-order valence-electron chi connectivity index (χ1n) is 9.45. The summed E-state index contributed by atoms with van der Waals surface area (Å²) in [6.45, 7) is 1.99. The van der Waals surface area contributed by atoms with E-state index in [0.717, 1.165) is 46.6 Å². The van der Waals surface area contributed by atoms with Crippen LogP contribution in [0, 0.1) is 6.92 Å². The zero-order valence-corrected chi connectivity index (χ0v) is 16.6. The fourth-order valence-corrected chi connectivity index (χ4v) is 3.90. The van der Waals surface area contributed by atoms with Crippen LogP contribution in [0.15, 0.2) is 66.9 Å². The quantitative estimate of drug-likeness (QED) is 0.527. The fourth-order valence-electron chi connectivity index (χ4n) is 3.90. The van der Waals surface area contributed by atoms with Gasteiger partial charge in [0, 0.05) is 16.7 Å². The van der Waals surface area contributed by atoms with Gasteiger partial charge in [-0.2, -0.15) is 5.10 Å². The maximum atomic E-state index is 6.48. The van der Waals surface area contributed by atoms with Gasteiger partial charge >= 0.3 is 0 Å². The van der Waals surface area contributed by atoms with Crippen molar-refractivity contribution in [3.8, 4) is 22.4 Å². The molecule has 0 unspecified atom stereocenters. The van der Waals surface area contributed by atoms with Crippen molar-refractivity contribution in [2.75, 3.05) is 0 Å². The number of rotatable bonds is 3. The summed E-state index contributed by atoms with van der Waals surface area (Å²) in [6, 6.07) is 21.1. The number of hydrogen-bond donors (Lipinski definition) is 1. The molecule has 0 atom stereocenters. The highest BCUT2D eigenvalue weighted by molar-refractivity contribution is 5.85. The predicted octanol–water partition coefficient (Wildman–Crippen LogP) is 5.13. The minimum atomic E-state index is -0.139. The first-order valence-corrected chi connectivity index (χ1v) is 9.45. The van der Waals surface area contributed by atoms with Crippen molar-refractivity contribution in [3.63, 3.8) is 0 Å². The average molecular weight is 391 g/mol. The summed E-state index contributed by atoms with van der Waals surface area (Å²) in [6.07, 6.45) is 5.32. The molecule has 0 amide bonds. The summed E-state index contributed by atoms with van der Waals surface area (Å²) >= 11 is 0. The van der Waals surface area contributed by atoms with Gasteiger partial charge in [-0.3, -0.25) is 0 Å². The Morgan fingerprint density at radius 2 is 1.68 bits per heavy atom. The predicted molar refractivity (Wildman–Crippen MR) is 116 cm³/mol. The van der Waals surface area contributed by atoms with E-state index in [4.69, 9.17) is 10.8 Å². The Morgan fingerprint density at radius 1 is 0.964 bits per heavy atom. The van der Waals surface area contributed by atoms with E-state index in [9.17, 15) is 0 Å². The summed E-state index contributed by atoms with van der Waals surface area (Å²) in [7, 11) is 0.